The Morgan fingerprint density at radius 3 is 1.23 bits per heavy atom. The minimum atomic E-state index is -0.375. The Kier molecular flexibility index (Phi) is 9.45. The summed E-state index contributed by atoms with van der Waals surface area (Å²) in [7, 11) is 2.44. The molecule has 0 saturated carbocycles. The number of hydrogen-bond acceptors (Lipinski definition) is 6. The molecule has 10 heteroatoms. The number of benzene rings is 6. The van der Waals surface area contributed by atoms with E-state index in [4.69, 9.17) is 50.8 Å². The van der Waals surface area contributed by atoms with Crippen molar-refractivity contribution in [2.24, 2.45) is 0 Å². The number of rotatable bonds is 11. The number of hydrogen-bond donors (Lipinski definition) is 0. The van der Waals surface area contributed by atoms with Gasteiger partial charge < -0.3 is 27.6 Å². The van der Waals surface area contributed by atoms with Crippen LogP contribution < -0.4 is 27.6 Å². The Morgan fingerprint density at radius 2 is 0.818 bits per heavy atom. The molecule has 0 amide bonds. The van der Waals surface area contributed by atoms with Crippen LogP contribution >= 0.6 is 41.3 Å². The Hall–Kier alpha value is -3.92. The number of para-hydroxylation sites is 2. The molecule has 2 atom stereocenters. The topological polar surface area (TPSA) is 55.4 Å². The molecule has 0 fully saturated rings. The number of fused-ring (bicyclic) bond motifs is 2. The summed E-state index contributed by atoms with van der Waals surface area (Å²) in [5.74, 6) is 3.41. The van der Waals surface area contributed by atoms with Crippen molar-refractivity contribution in [1.82, 2.24) is 0 Å². The number of methoxy groups -OCH3 is 2. The molecular weight excluding hydrogens is 637 g/mol. The van der Waals surface area contributed by atoms with Gasteiger partial charge in [0, 0.05) is 42.7 Å². The molecule has 2 unspecified atom stereocenters. The second kappa shape index (κ2) is 13.8. The van der Waals surface area contributed by atoms with Gasteiger partial charge in [0.15, 0.2) is 23.0 Å². The standard InChI is InChI=1S/C34H26Cl2O6P2/c1-37-31-15-7-13-25(33(31)41-43-39-29-19-17-27(35)21-9-3-5-11-23(21)29)26-14-8-16-32(38-2)34(26)42-44-40-30-20-18-28(36)22-10-4-6-12-24(22)30/h3-20,43-44H,1-2H3. The van der Waals surface area contributed by atoms with Crippen LogP contribution in [0, 0.1) is 0 Å². The highest BCUT2D eigenvalue weighted by molar-refractivity contribution is 7.27. The first kappa shape index (κ1) is 30.1. The Balaban J connectivity index is 1.28. The van der Waals surface area contributed by atoms with E-state index >= 15 is 0 Å². The van der Waals surface area contributed by atoms with Gasteiger partial charge in [-0.25, -0.2) is 0 Å². The average Bonchev–Trinajstić information content (AvgIpc) is 3.07. The summed E-state index contributed by atoms with van der Waals surface area (Å²) in [6.45, 7) is 0. The van der Waals surface area contributed by atoms with Gasteiger partial charge in [-0.05, 0) is 36.4 Å². The molecule has 0 saturated heterocycles. The van der Waals surface area contributed by atoms with Gasteiger partial charge in [0.25, 0.3) is 18.1 Å². The molecule has 44 heavy (non-hydrogen) atoms. The van der Waals surface area contributed by atoms with Crippen LogP contribution in [0.5, 0.6) is 34.5 Å². The molecule has 0 N–H and O–H groups in total. The van der Waals surface area contributed by atoms with E-state index in [1.165, 1.54) is 0 Å². The summed E-state index contributed by atoms with van der Waals surface area (Å²) >= 11 is 12.8. The van der Waals surface area contributed by atoms with Gasteiger partial charge in [-0.3, -0.25) is 0 Å². The summed E-state index contributed by atoms with van der Waals surface area (Å²) in [5, 5.41) is 4.92. The molecule has 0 bridgehead atoms. The molecule has 0 heterocycles. The summed E-state index contributed by atoms with van der Waals surface area (Å²) < 4.78 is 36.1. The lowest BCUT2D eigenvalue weighted by Gasteiger charge is -2.19. The lowest BCUT2D eigenvalue weighted by Crippen LogP contribution is -1.96. The molecule has 0 radical (unpaired) electrons. The van der Waals surface area contributed by atoms with Crippen LogP contribution in [-0.4, -0.2) is 14.2 Å². The van der Waals surface area contributed by atoms with Gasteiger partial charge >= 0.3 is 0 Å². The highest BCUT2D eigenvalue weighted by Crippen LogP contribution is 2.49. The zero-order valence-electron chi connectivity index (χ0n) is 23.6. The summed E-state index contributed by atoms with van der Waals surface area (Å²) in [5.41, 5.74) is 1.47. The van der Waals surface area contributed by atoms with E-state index in [0.29, 0.717) is 44.5 Å². The van der Waals surface area contributed by atoms with Crippen molar-refractivity contribution in [2.75, 3.05) is 14.2 Å². The Labute approximate surface area is 268 Å². The lowest BCUT2D eigenvalue weighted by molar-refractivity contribution is 0.392. The predicted octanol–water partition coefficient (Wildman–Crippen LogP) is 10.9. The second-order valence-corrected chi connectivity index (χ2v) is 11.4. The molecular formula is C34H26Cl2O6P2. The van der Waals surface area contributed by atoms with Gasteiger partial charge in [-0.15, -0.1) is 0 Å². The van der Waals surface area contributed by atoms with Crippen molar-refractivity contribution in [3.8, 4) is 45.6 Å². The third-order valence-electron chi connectivity index (χ3n) is 6.94. The van der Waals surface area contributed by atoms with E-state index in [0.717, 1.165) is 32.7 Å². The molecule has 0 aromatic heterocycles. The maximum Gasteiger partial charge on any atom is 0.275 e. The normalized spacial score (nSPS) is 11.5. The van der Waals surface area contributed by atoms with Crippen LogP contribution in [0.3, 0.4) is 0 Å². The highest BCUT2D eigenvalue weighted by atomic mass is 35.5. The van der Waals surface area contributed by atoms with Gasteiger partial charge in [0.1, 0.15) is 11.5 Å². The fourth-order valence-electron chi connectivity index (χ4n) is 4.85. The third-order valence-corrected chi connectivity index (χ3v) is 8.78. The van der Waals surface area contributed by atoms with Crippen LogP contribution in [0.25, 0.3) is 32.7 Å². The molecule has 0 aliphatic rings. The number of ether oxygens (including phenoxy) is 2. The zero-order chi connectivity index (χ0) is 30.5. The van der Waals surface area contributed by atoms with Crippen molar-refractivity contribution >= 4 is 62.8 Å². The Morgan fingerprint density at radius 1 is 0.409 bits per heavy atom. The fraction of sp³-hybridized carbons (Fsp3) is 0.0588. The molecule has 0 spiro atoms. The van der Waals surface area contributed by atoms with E-state index in [2.05, 4.69) is 0 Å². The Bertz CT molecular complexity index is 1810. The predicted molar refractivity (Wildman–Crippen MR) is 182 cm³/mol. The summed E-state index contributed by atoms with van der Waals surface area (Å²) in [6.07, 6.45) is 0. The third kappa shape index (κ3) is 6.18. The molecule has 6 rings (SSSR count). The van der Waals surface area contributed by atoms with Crippen LogP contribution in [-0.2, 0) is 0 Å². The molecule has 0 aliphatic heterocycles. The molecule has 6 nitrogen and oxygen atoms in total. The van der Waals surface area contributed by atoms with E-state index in [1.807, 2.05) is 109 Å². The van der Waals surface area contributed by atoms with Crippen molar-refractivity contribution in [2.45, 2.75) is 0 Å². The van der Waals surface area contributed by atoms with Crippen LogP contribution in [0.4, 0.5) is 0 Å². The van der Waals surface area contributed by atoms with E-state index in [-0.39, 0.29) is 18.1 Å². The highest BCUT2D eigenvalue weighted by Gasteiger charge is 2.20. The SMILES string of the molecule is COc1cccc(-c2cccc(OC)c2OPOc2ccc(Cl)c3ccccc23)c1OPOc1ccc(Cl)c2ccccc12. The molecule has 6 aromatic carbocycles. The number of halogens is 2. The van der Waals surface area contributed by atoms with Crippen molar-refractivity contribution in [3.63, 3.8) is 0 Å². The fourth-order valence-corrected chi connectivity index (χ4v) is 6.51. The largest absolute Gasteiger partial charge is 0.493 e. The van der Waals surface area contributed by atoms with Gasteiger partial charge in [0.05, 0.1) is 14.2 Å². The van der Waals surface area contributed by atoms with Crippen LogP contribution in [0.15, 0.2) is 109 Å². The van der Waals surface area contributed by atoms with Crippen molar-refractivity contribution in [1.29, 1.82) is 0 Å². The average molecular weight is 663 g/mol. The first-order valence-electron chi connectivity index (χ1n) is 13.4. The smallest absolute Gasteiger partial charge is 0.275 e. The zero-order valence-corrected chi connectivity index (χ0v) is 27.1. The first-order valence-corrected chi connectivity index (χ1v) is 15.8. The monoisotopic (exact) mass is 662 g/mol. The lowest BCUT2D eigenvalue weighted by atomic mass is 10.0. The van der Waals surface area contributed by atoms with E-state index < -0.39 is 0 Å². The van der Waals surface area contributed by atoms with Gasteiger partial charge in [-0.2, -0.15) is 0 Å². The molecule has 222 valence electrons. The maximum absolute atomic E-state index is 6.39. The quantitative estimate of drug-likeness (QED) is 0.129. The van der Waals surface area contributed by atoms with E-state index in [1.54, 1.807) is 14.2 Å². The van der Waals surface area contributed by atoms with E-state index in [9.17, 15) is 0 Å². The minimum Gasteiger partial charge on any atom is -0.493 e. The van der Waals surface area contributed by atoms with Crippen LogP contribution in [0.2, 0.25) is 10.0 Å². The second-order valence-electron chi connectivity index (χ2n) is 9.43. The van der Waals surface area contributed by atoms with Gasteiger partial charge in [0.2, 0.25) is 0 Å². The first-order chi connectivity index (χ1) is 21.6. The molecule has 6 aromatic rings. The van der Waals surface area contributed by atoms with Crippen molar-refractivity contribution < 1.29 is 27.6 Å². The summed E-state index contributed by atoms with van der Waals surface area (Å²) in [4.78, 5) is 0. The minimum absolute atomic E-state index is 0.375. The van der Waals surface area contributed by atoms with Crippen LogP contribution in [0.1, 0.15) is 0 Å². The summed E-state index contributed by atoms with van der Waals surface area (Å²) in [6, 6.07) is 34.2. The maximum atomic E-state index is 6.39. The van der Waals surface area contributed by atoms with Crippen molar-refractivity contribution in [3.05, 3.63) is 119 Å². The molecule has 0 aliphatic carbocycles. The van der Waals surface area contributed by atoms with Gasteiger partial charge in [-0.1, -0.05) is 96.0 Å².